The van der Waals surface area contributed by atoms with Gasteiger partial charge >= 0.3 is 5.97 Å². The lowest BCUT2D eigenvalue weighted by molar-refractivity contribution is 0.0729. The molecule has 0 aliphatic rings. The Morgan fingerprint density at radius 1 is 0.926 bits per heavy atom. The predicted molar refractivity (Wildman–Crippen MR) is 107 cm³/mol. The largest absolute Gasteiger partial charge is 0.492 e. The molecule has 0 bridgehead atoms. The van der Waals surface area contributed by atoms with E-state index in [1.165, 1.54) is 0 Å². The van der Waals surface area contributed by atoms with Crippen molar-refractivity contribution in [1.29, 1.82) is 0 Å². The Labute approximate surface area is 165 Å². The van der Waals surface area contributed by atoms with Gasteiger partial charge in [0.2, 0.25) is 0 Å². The van der Waals surface area contributed by atoms with Gasteiger partial charge < -0.3 is 9.47 Å². The average molecular weight is 425 g/mol. The maximum absolute atomic E-state index is 12.6. The Hall–Kier alpha value is -2.92. The summed E-state index contributed by atoms with van der Waals surface area (Å²) in [5, 5.41) is 0. The number of rotatable bonds is 7. The van der Waals surface area contributed by atoms with Crippen molar-refractivity contribution in [3.05, 3.63) is 94.0 Å². The zero-order valence-electron chi connectivity index (χ0n) is 14.4. The van der Waals surface area contributed by atoms with Crippen LogP contribution in [0, 0.1) is 0 Å². The third kappa shape index (κ3) is 5.05. The maximum atomic E-state index is 12.6. The molecule has 0 saturated heterocycles. The van der Waals surface area contributed by atoms with E-state index in [0.29, 0.717) is 24.2 Å². The number of carbonyl (C=O) groups is 2. The first kappa shape index (κ1) is 18.9. The normalized spacial score (nSPS) is 10.3. The highest BCUT2D eigenvalue weighted by Gasteiger charge is 2.17. The van der Waals surface area contributed by atoms with Crippen molar-refractivity contribution in [1.82, 2.24) is 0 Å². The minimum atomic E-state index is -0.583. The smallest absolute Gasteiger partial charge is 0.347 e. The molecule has 0 aromatic heterocycles. The third-order valence-corrected chi connectivity index (χ3v) is 4.39. The Morgan fingerprint density at radius 2 is 1.67 bits per heavy atom. The van der Waals surface area contributed by atoms with Crippen molar-refractivity contribution >= 4 is 28.2 Å². The standard InChI is InChI=1S/C22H17BrO4/c23-18-10-11-21(26-13-12-16-6-2-1-3-7-16)19(14-18)22(25)27-20-9-5-4-8-17(20)15-24/h1-11,14-15H,12-13H2. The van der Waals surface area contributed by atoms with E-state index in [1.54, 1.807) is 42.5 Å². The van der Waals surface area contributed by atoms with Crippen molar-refractivity contribution < 1.29 is 19.1 Å². The van der Waals surface area contributed by atoms with Gasteiger partial charge in [0, 0.05) is 10.9 Å². The van der Waals surface area contributed by atoms with E-state index in [4.69, 9.17) is 9.47 Å². The summed E-state index contributed by atoms with van der Waals surface area (Å²) in [6, 6.07) is 21.7. The monoisotopic (exact) mass is 424 g/mol. The molecule has 0 amide bonds. The molecule has 0 saturated carbocycles. The lowest BCUT2D eigenvalue weighted by Gasteiger charge is -2.12. The van der Waals surface area contributed by atoms with Crippen LogP contribution < -0.4 is 9.47 Å². The quantitative estimate of drug-likeness (QED) is 0.300. The van der Waals surface area contributed by atoms with Gasteiger partial charge in [-0.05, 0) is 35.9 Å². The molecule has 4 nitrogen and oxygen atoms in total. The van der Waals surface area contributed by atoms with Crippen LogP contribution in [-0.4, -0.2) is 18.9 Å². The molecule has 0 atom stereocenters. The van der Waals surface area contributed by atoms with E-state index in [0.717, 1.165) is 16.5 Å². The zero-order chi connectivity index (χ0) is 19.1. The lowest BCUT2D eigenvalue weighted by Crippen LogP contribution is -2.13. The number of esters is 1. The first-order chi connectivity index (χ1) is 13.2. The number of carbonyl (C=O) groups excluding carboxylic acids is 2. The summed E-state index contributed by atoms with van der Waals surface area (Å²) >= 11 is 3.36. The van der Waals surface area contributed by atoms with Crippen molar-refractivity contribution in [3.63, 3.8) is 0 Å². The Balaban J connectivity index is 1.75. The number of ether oxygens (including phenoxy) is 2. The molecule has 0 aliphatic carbocycles. The molecule has 3 rings (SSSR count). The molecule has 27 heavy (non-hydrogen) atoms. The summed E-state index contributed by atoms with van der Waals surface area (Å²) in [5.41, 5.74) is 1.75. The van der Waals surface area contributed by atoms with Crippen LogP contribution in [0.4, 0.5) is 0 Å². The maximum Gasteiger partial charge on any atom is 0.347 e. The highest BCUT2D eigenvalue weighted by Crippen LogP contribution is 2.26. The topological polar surface area (TPSA) is 52.6 Å². The van der Waals surface area contributed by atoms with Crippen molar-refractivity contribution in [2.45, 2.75) is 6.42 Å². The Morgan fingerprint density at radius 3 is 2.44 bits per heavy atom. The first-order valence-electron chi connectivity index (χ1n) is 8.40. The number of para-hydroxylation sites is 1. The highest BCUT2D eigenvalue weighted by atomic mass is 79.9. The summed E-state index contributed by atoms with van der Waals surface area (Å²) < 4.78 is 12.0. The van der Waals surface area contributed by atoms with Crippen LogP contribution in [-0.2, 0) is 6.42 Å². The minimum absolute atomic E-state index is 0.215. The number of aldehydes is 1. The second-order valence-corrected chi connectivity index (χ2v) is 6.69. The molecule has 0 aliphatic heterocycles. The second kappa shape index (κ2) is 9.14. The third-order valence-electron chi connectivity index (χ3n) is 3.90. The molecule has 0 N–H and O–H groups in total. The van der Waals surface area contributed by atoms with Crippen LogP contribution in [0.3, 0.4) is 0 Å². The van der Waals surface area contributed by atoms with Gasteiger partial charge in [-0.25, -0.2) is 4.79 Å². The predicted octanol–water partition coefficient (Wildman–Crippen LogP) is 5.10. The molecule has 0 spiro atoms. The van der Waals surface area contributed by atoms with Gasteiger partial charge in [0.05, 0.1) is 12.2 Å². The number of benzene rings is 3. The van der Waals surface area contributed by atoms with Gasteiger partial charge in [0.15, 0.2) is 6.29 Å². The van der Waals surface area contributed by atoms with Crippen LogP contribution in [0.5, 0.6) is 11.5 Å². The molecule has 5 heteroatoms. The summed E-state index contributed by atoms with van der Waals surface area (Å²) in [4.78, 5) is 23.8. The van der Waals surface area contributed by atoms with Crippen LogP contribution >= 0.6 is 15.9 Å². The van der Waals surface area contributed by atoms with Crippen LogP contribution in [0.2, 0.25) is 0 Å². The molecule has 0 radical (unpaired) electrons. The second-order valence-electron chi connectivity index (χ2n) is 5.77. The average Bonchev–Trinajstić information content (AvgIpc) is 2.70. The van der Waals surface area contributed by atoms with E-state index in [-0.39, 0.29) is 11.3 Å². The molecule has 0 unspecified atom stereocenters. The number of hydrogen-bond acceptors (Lipinski definition) is 4. The minimum Gasteiger partial charge on any atom is -0.492 e. The fourth-order valence-electron chi connectivity index (χ4n) is 2.54. The fourth-order valence-corrected chi connectivity index (χ4v) is 2.90. The van der Waals surface area contributed by atoms with Gasteiger partial charge in [-0.1, -0.05) is 58.4 Å². The summed E-state index contributed by atoms with van der Waals surface area (Å²) in [6.07, 6.45) is 1.38. The summed E-state index contributed by atoms with van der Waals surface area (Å²) in [5.74, 6) is 0.0655. The van der Waals surface area contributed by atoms with E-state index >= 15 is 0 Å². The zero-order valence-corrected chi connectivity index (χ0v) is 16.0. The molecule has 3 aromatic carbocycles. The lowest BCUT2D eigenvalue weighted by atomic mass is 10.1. The summed E-state index contributed by atoms with van der Waals surface area (Å²) in [6.45, 7) is 0.427. The molecule has 3 aromatic rings. The SMILES string of the molecule is O=Cc1ccccc1OC(=O)c1cc(Br)ccc1OCCc1ccccc1. The van der Waals surface area contributed by atoms with Crippen molar-refractivity contribution in [3.8, 4) is 11.5 Å². The van der Waals surface area contributed by atoms with Crippen molar-refractivity contribution in [2.75, 3.05) is 6.61 Å². The first-order valence-corrected chi connectivity index (χ1v) is 9.19. The van der Waals surface area contributed by atoms with Gasteiger partial charge in [-0.3, -0.25) is 4.79 Å². The van der Waals surface area contributed by atoms with Crippen molar-refractivity contribution in [2.24, 2.45) is 0 Å². The van der Waals surface area contributed by atoms with Gasteiger partial charge in [0.25, 0.3) is 0 Å². The number of halogens is 1. The fraction of sp³-hybridized carbons (Fsp3) is 0.0909. The molecule has 0 fully saturated rings. The molecule has 0 heterocycles. The van der Waals surface area contributed by atoms with Crippen LogP contribution in [0.25, 0.3) is 0 Å². The van der Waals surface area contributed by atoms with Gasteiger partial charge in [-0.2, -0.15) is 0 Å². The van der Waals surface area contributed by atoms with E-state index < -0.39 is 5.97 Å². The van der Waals surface area contributed by atoms with E-state index in [9.17, 15) is 9.59 Å². The Bertz CT molecular complexity index is 938. The van der Waals surface area contributed by atoms with Gasteiger partial charge in [-0.15, -0.1) is 0 Å². The van der Waals surface area contributed by atoms with E-state index in [1.807, 2.05) is 30.3 Å². The Kier molecular flexibility index (Phi) is 6.39. The molecule has 136 valence electrons. The summed E-state index contributed by atoms with van der Waals surface area (Å²) in [7, 11) is 0. The molecular formula is C22H17BrO4. The van der Waals surface area contributed by atoms with Gasteiger partial charge in [0.1, 0.15) is 17.1 Å². The highest BCUT2D eigenvalue weighted by molar-refractivity contribution is 9.10. The van der Waals surface area contributed by atoms with Crippen LogP contribution in [0.1, 0.15) is 26.3 Å². The van der Waals surface area contributed by atoms with E-state index in [2.05, 4.69) is 15.9 Å². The molecular weight excluding hydrogens is 408 g/mol. The van der Waals surface area contributed by atoms with Crippen LogP contribution in [0.15, 0.2) is 77.3 Å². The number of hydrogen-bond donors (Lipinski definition) is 0.